The van der Waals surface area contributed by atoms with E-state index in [1.54, 1.807) is 11.0 Å². The predicted octanol–water partition coefficient (Wildman–Crippen LogP) is 3.71. The zero-order valence-electron chi connectivity index (χ0n) is 18.9. The van der Waals surface area contributed by atoms with Crippen molar-refractivity contribution >= 4 is 16.9 Å². The molecule has 4 heterocycles. The number of nitrogens with zero attached hydrogens (tertiary/aromatic N) is 6. The summed E-state index contributed by atoms with van der Waals surface area (Å²) in [5.41, 5.74) is 5.42. The number of aromatic nitrogens is 5. The molecular weight excluding hydrogens is 442 g/mol. The van der Waals surface area contributed by atoms with Crippen molar-refractivity contribution in [2.45, 2.75) is 19.9 Å². The zero-order valence-corrected chi connectivity index (χ0v) is 18.9. The van der Waals surface area contributed by atoms with Gasteiger partial charge in [-0.3, -0.25) is 0 Å². The fourth-order valence-electron chi connectivity index (χ4n) is 4.08. The molecule has 1 aliphatic heterocycles. The molecule has 1 fully saturated rings. The Morgan fingerprint density at radius 1 is 1.15 bits per heavy atom. The van der Waals surface area contributed by atoms with Gasteiger partial charge in [-0.2, -0.15) is 5.10 Å². The molecular formula is C24H26F2N6O2. The van der Waals surface area contributed by atoms with Gasteiger partial charge >= 0.3 is 0 Å². The van der Waals surface area contributed by atoms with Crippen molar-refractivity contribution in [1.82, 2.24) is 24.3 Å². The third-order valence-electron chi connectivity index (χ3n) is 5.75. The van der Waals surface area contributed by atoms with Gasteiger partial charge in [0.05, 0.1) is 37.5 Å². The van der Waals surface area contributed by atoms with Crippen LogP contribution >= 0.6 is 0 Å². The number of rotatable bonds is 8. The van der Waals surface area contributed by atoms with Gasteiger partial charge in [0.25, 0.3) is 6.43 Å². The molecule has 0 atom stereocenters. The summed E-state index contributed by atoms with van der Waals surface area (Å²) >= 11 is 0. The van der Waals surface area contributed by atoms with Crippen molar-refractivity contribution in [2.24, 2.45) is 0 Å². The van der Waals surface area contributed by atoms with Crippen LogP contribution in [0.2, 0.25) is 0 Å². The quantitative estimate of drug-likeness (QED) is 0.367. The number of morpholine rings is 1. The SMILES string of the molecule is Cc1cccc(-c2ccn(-c3cc(N4CCOCC4)c4ncn(CCOCC(F)F)c4n3)n2)c1. The highest BCUT2D eigenvalue weighted by Gasteiger charge is 2.20. The lowest BCUT2D eigenvalue weighted by molar-refractivity contribution is 0.0150. The minimum atomic E-state index is -2.49. The van der Waals surface area contributed by atoms with Gasteiger partial charge in [-0.15, -0.1) is 0 Å². The van der Waals surface area contributed by atoms with Crippen LogP contribution in [0, 0.1) is 6.92 Å². The summed E-state index contributed by atoms with van der Waals surface area (Å²) in [5.74, 6) is 0.656. The Hall–Kier alpha value is -3.37. The second kappa shape index (κ2) is 9.86. The Morgan fingerprint density at radius 2 is 2.00 bits per heavy atom. The molecule has 1 aromatic carbocycles. The average molecular weight is 469 g/mol. The molecule has 0 saturated carbocycles. The van der Waals surface area contributed by atoms with E-state index in [2.05, 4.69) is 28.9 Å². The molecule has 0 aliphatic carbocycles. The fraction of sp³-hybridized carbons (Fsp3) is 0.375. The minimum Gasteiger partial charge on any atom is -0.378 e. The topological polar surface area (TPSA) is 70.2 Å². The van der Waals surface area contributed by atoms with Gasteiger partial charge in [-0.25, -0.2) is 23.4 Å². The van der Waals surface area contributed by atoms with Crippen LogP contribution in [-0.4, -0.2) is 70.3 Å². The summed E-state index contributed by atoms with van der Waals surface area (Å²) < 4.78 is 39.0. The molecule has 5 rings (SSSR count). The lowest BCUT2D eigenvalue weighted by Gasteiger charge is -2.29. The van der Waals surface area contributed by atoms with Crippen molar-refractivity contribution in [3.05, 3.63) is 54.5 Å². The number of fused-ring (bicyclic) bond motifs is 1. The fourth-order valence-corrected chi connectivity index (χ4v) is 4.08. The van der Waals surface area contributed by atoms with Crippen molar-refractivity contribution in [1.29, 1.82) is 0 Å². The molecule has 0 bridgehead atoms. The van der Waals surface area contributed by atoms with Crippen LogP contribution in [0.5, 0.6) is 0 Å². The molecule has 0 spiro atoms. The van der Waals surface area contributed by atoms with Gasteiger partial charge in [0.2, 0.25) is 0 Å². The van der Waals surface area contributed by atoms with Crippen LogP contribution in [0.4, 0.5) is 14.5 Å². The maximum Gasteiger partial charge on any atom is 0.261 e. The largest absolute Gasteiger partial charge is 0.378 e. The molecule has 0 radical (unpaired) electrons. The van der Waals surface area contributed by atoms with Crippen LogP contribution < -0.4 is 4.90 Å². The number of alkyl halides is 2. The maximum absolute atomic E-state index is 12.4. The van der Waals surface area contributed by atoms with E-state index in [-0.39, 0.29) is 6.61 Å². The Bertz CT molecular complexity index is 1270. The van der Waals surface area contributed by atoms with Gasteiger partial charge in [0, 0.05) is 37.5 Å². The molecule has 34 heavy (non-hydrogen) atoms. The number of ether oxygens (including phenoxy) is 2. The third-order valence-corrected chi connectivity index (χ3v) is 5.75. The molecule has 0 unspecified atom stereocenters. The number of benzene rings is 1. The summed E-state index contributed by atoms with van der Waals surface area (Å²) in [5, 5.41) is 4.77. The van der Waals surface area contributed by atoms with Crippen LogP contribution in [0.1, 0.15) is 5.56 Å². The molecule has 0 amide bonds. The number of hydrogen-bond donors (Lipinski definition) is 0. The van der Waals surface area contributed by atoms with E-state index in [1.165, 1.54) is 5.56 Å². The first-order chi connectivity index (χ1) is 16.6. The summed E-state index contributed by atoms with van der Waals surface area (Å²) in [7, 11) is 0. The number of anilines is 1. The van der Waals surface area contributed by atoms with Crippen molar-refractivity contribution in [3.8, 4) is 17.1 Å². The summed E-state index contributed by atoms with van der Waals surface area (Å²) in [6.07, 6.45) is 1.08. The molecule has 3 aromatic heterocycles. The Morgan fingerprint density at radius 3 is 2.79 bits per heavy atom. The van der Waals surface area contributed by atoms with Crippen LogP contribution in [0.15, 0.2) is 48.9 Å². The molecule has 4 aromatic rings. The molecule has 1 aliphatic rings. The molecule has 178 valence electrons. The van der Waals surface area contributed by atoms with Crippen molar-refractivity contribution < 1.29 is 18.3 Å². The number of hydrogen-bond acceptors (Lipinski definition) is 6. The predicted molar refractivity (Wildman–Crippen MR) is 125 cm³/mol. The van der Waals surface area contributed by atoms with E-state index in [0.29, 0.717) is 31.2 Å². The van der Waals surface area contributed by atoms with E-state index in [0.717, 1.165) is 35.6 Å². The normalized spacial score (nSPS) is 14.4. The summed E-state index contributed by atoms with van der Waals surface area (Å²) in [6.45, 7) is 4.76. The highest BCUT2D eigenvalue weighted by atomic mass is 19.3. The molecule has 1 saturated heterocycles. The van der Waals surface area contributed by atoms with E-state index in [9.17, 15) is 8.78 Å². The lowest BCUT2D eigenvalue weighted by atomic mass is 10.1. The standard InChI is InChI=1S/C24H26F2N6O2/c1-17-3-2-4-18(13-17)19-5-6-32(29-19)22-14-20(30-7-10-33-11-8-30)23-24(28-22)31(16-27-23)9-12-34-15-21(25)26/h2-6,13-14,16,21H,7-12,15H2,1H3. The zero-order chi connectivity index (χ0) is 23.5. The van der Waals surface area contributed by atoms with E-state index in [1.807, 2.05) is 35.0 Å². The van der Waals surface area contributed by atoms with Crippen molar-refractivity contribution in [2.75, 3.05) is 44.4 Å². The van der Waals surface area contributed by atoms with Gasteiger partial charge < -0.3 is 18.9 Å². The van der Waals surface area contributed by atoms with E-state index >= 15 is 0 Å². The maximum atomic E-state index is 12.4. The Kier molecular flexibility index (Phi) is 6.50. The minimum absolute atomic E-state index is 0.147. The van der Waals surface area contributed by atoms with Gasteiger partial charge in [0.15, 0.2) is 11.5 Å². The van der Waals surface area contributed by atoms with Crippen LogP contribution in [0.25, 0.3) is 28.2 Å². The first-order valence-electron chi connectivity index (χ1n) is 11.3. The second-order valence-electron chi connectivity index (χ2n) is 8.19. The first kappa shape index (κ1) is 22.4. The molecule has 0 N–H and O–H groups in total. The number of aryl methyl sites for hydroxylation is 1. The number of imidazole rings is 1. The van der Waals surface area contributed by atoms with Gasteiger partial charge in [0.1, 0.15) is 12.1 Å². The van der Waals surface area contributed by atoms with Gasteiger partial charge in [-0.05, 0) is 19.1 Å². The second-order valence-corrected chi connectivity index (χ2v) is 8.19. The highest BCUT2D eigenvalue weighted by Crippen LogP contribution is 2.28. The molecule has 10 heteroatoms. The average Bonchev–Trinajstić information content (AvgIpc) is 3.49. The monoisotopic (exact) mass is 468 g/mol. The smallest absolute Gasteiger partial charge is 0.261 e. The Balaban J connectivity index is 1.51. The van der Waals surface area contributed by atoms with Gasteiger partial charge in [-0.1, -0.05) is 23.8 Å². The molecule has 8 nitrogen and oxygen atoms in total. The van der Waals surface area contributed by atoms with Crippen LogP contribution in [0.3, 0.4) is 0 Å². The number of pyridine rings is 1. The Labute approximate surface area is 195 Å². The van der Waals surface area contributed by atoms with E-state index in [4.69, 9.17) is 19.6 Å². The highest BCUT2D eigenvalue weighted by molar-refractivity contribution is 5.87. The number of halogens is 2. The van der Waals surface area contributed by atoms with E-state index < -0.39 is 13.0 Å². The first-order valence-corrected chi connectivity index (χ1v) is 11.3. The summed E-state index contributed by atoms with van der Waals surface area (Å²) in [4.78, 5) is 11.7. The lowest BCUT2D eigenvalue weighted by Crippen LogP contribution is -2.36. The van der Waals surface area contributed by atoms with Crippen LogP contribution in [-0.2, 0) is 16.0 Å². The van der Waals surface area contributed by atoms with Crippen molar-refractivity contribution in [3.63, 3.8) is 0 Å². The summed E-state index contributed by atoms with van der Waals surface area (Å²) in [6, 6.07) is 12.1. The third kappa shape index (κ3) is 4.78.